The van der Waals surface area contributed by atoms with Crippen molar-refractivity contribution >= 4 is 17.4 Å². The number of imidazole rings is 1. The van der Waals surface area contributed by atoms with Gasteiger partial charge in [-0.1, -0.05) is 6.07 Å². The summed E-state index contributed by atoms with van der Waals surface area (Å²) in [5.41, 5.74) is 0.514. The molecule has 0 aromatic carbocycles. The van der Waals surface area contributed by atoms with Crippen molar-refractivity contribution in [3.63, 3.8) is 0 Å². The molecule has 0 spiro atoms. The molecule has 1 aliphatic rings. The Balaban J connectivity index is 1.56. The molecule has 152 valence electrons. The van der Waals surface area contributed by atoms with Crippen molar-refractivity contribution in [3.8, 4) is 0 Å². The van der Waals surface area contributed by atoms with Crippen molar-refractivity contribution in [1.29, 1.82) is 0 Å². The van der Waals surface area contributed by atoms with E-state index >= 15 is 0 Å². The van der Waals surface area contributed by atoms with Gasteiger partial charge in [-0.15, -0.1) is 0 Å². The number of morpholine rings is 1. The van der Waals surface area contributed by atoms with Gasteiger partial charge in [-0.2, -0.15) is 13.2 Å². The number of nitrogens with zero attached hydrogens (tertiary/aromatic N) is 2. The molecule has 0 bridgehead atoms. The molecule has 1 aliphatic heterocycles. The standard InChI is InChI=1S/C19H18F3N5O2/c20-19(21,22)13-4-5-23-14(11-13)12-24-17(28)16-15-3-1-2-6-27(15)18(25-16)26-7-9-29-10-8-26/h1-6,11H,7-10,12H2,(H,24,28)/p+2. The number of carbonyl (C=O) groups is 1. The van der Waals surface area contributed by atoms with Gasteiger partial charge in [-0.25, -0.2) is 14.4 Å². The number of amides is 1. The molecule has 1 amide bonds. The van der Waals surface area contributed by atoms with Gasteiger partial charge in [0.05, 0.1) is 38.1 Å². The van der Waals surface area contributed by atoms with Gasteiger partial charge in [-0.3, -0.25) is 9.69 Å². The summed E-state index contributed by atoms with van der Waals surface area (Å²) >= 11 is 0. The highest BCUT2D eigenvalue weighted by Gasteiger charge is 2.32. The molecular formula is C19H20F3N5O2+2. The number of ether oxygens (including phenoxy) is 1. The molecule has 4 heterocycles. The smallest absolute Gasteiger partial charge is 0.375 e. The maximum atomic E-state index is 12.9. The highest BCUT2D eigenvalue weighted by molar-refractivity contribution is 5.98. The largest absolute Gasteiger partial charge is 0.416 e. The van der Waals surface area contributed by atoms with Crippen molar-refractivity contribution in [2.24, 2.45) is 0 Å². The van der Waals surface area contributed by atoms with Crippen LogP contribution < -0.4 is 19.6 Å². The van der Waals surface area contributed by atoms with Gasteiger partial charge in [0.1, 0.15) is 6.54 Å². The van der Waals surface area contributed by atoms with Crippen LogP contribution >= 0.6 is 0 Å². The predicted octanol–water partition coefficient (Wildman–Crippen LogP) is 1.35. The van der Waals surface area contributed by atoms with Crippen molar-refractivity contribution in [3.05, 3.63) is 59.7 Å². The van der Waals surface area contributed by atoms with Crippen LogP contribution in [0.1, 0.15) is 21.7 Å². The van der Waals surface area contributed by atoms with E-state index in [9.17, 15) is 18.0 Å². The van der Waals surface area contributed by atoms with Crippen LogP contribution in [0.15, 0.2) is 42.7 Å². The Hall–Kier alpha value is -3.14. The van der Waals surface area contributed by atoms with Gasteiger partial charge in [0, 0.05) is 12.1 Å². The van der Waals surface area contributed by atoms with Gasteiger partial charge >= 0.3 is 12.1 Å². The number of rotatable bonds is 4. The topological polar surface area (TPSA) is 75.6 Å². The van der Waals surface area contributed by atoms with Gasteiger partial charge in [0.2, 0.25) is 5.69 Å². The molecule has 1 saturated heterocycles. The lowest BCUT2D eigenvalue weighted by Gasteiger charge is -2.21. The number of hydrogen-bond acceptors (Lipinski definition) is 3. The van der Waals surface area contributed by atoms with Crippen molar-refractivity contribution in [2.45, 2.75) is 12.7 Å². The summed E-state index contributed by atoms with van der Waals surface area (Å²) in [6, 6.07) is 7.44. The molecule has 1 fully saturated rings. The first-order chi connectivity index (χ1) is 13.9. The number of halogens is 3. The molecule has 7 nitrogen and oxygen atoms in total. The van der Waals surface area contributed by atoms with E-state index in [-0.39, 0.29) is 12.2 Å². The van der Waals surface area contributed by atoms with E-state index in [0.29, 0.717) is 37.5 Å². The van der Waals surface area contributed by atoms with Crippen molar-refractivity contribution in [2.75, 3.05) is 31.2 Å². The third-order valence-electron chi connectivity index (χ3n) is 4.75. The molecule has 0 radical (unpaired) electrons. The fraction of sp³-hybridized carbons (Fsp3) is 0.316. The molecule has 0 aliphatic carbocycles. The normalized spacial score (nSPS) is 14.9. The van der Waals surface area contributed by atoms with Crippen LogP contribution in [0, 0.1) is 0 Å². The average Bonchev–Trinajstić information content (AvgIpc) is 3.12. The van der Waals surface area contributed by atoms with E-state index in [4.69, 9.17) is 4.74 Å². The fourth-order valence-electron chi connectivity index (χ4n) is 3.31. The number of hydrogen-bond donors (Lipinski definition) is 2. The molecule has 10 heteroatoms. The van der Waals surface area contributed by atoms with Crippen LogP contribution in [-0.4, -0.2) is 37.2 Å². The third kappa shape index (κ3) is 4.02. The molecule has 3 aromatic heterocycles. The van der Waals surface area contributed by atoms with E-state index in [2.05, 4.69) is 20.2 Å². The van der Waals surface area contributed by atoms with Gasteiger partial charge in [0.25, 0.3) is 5.91 Å². The Kier molecular flexibility index (Phi) is 5.10. The van der Waals surface area contributed by atoms with Gasteiger partial charge < -0.3 is 10.1 Å². The zero-order valence-electron chi connectivity index (χ0n) is 15.4. The van der Waals surface area contributed by atoms with E-state index in [1.54, 1.807) is 0 Å². The molecule has 0 atom stereocenters. The van der Waals surface area contributed by atoms with Crippen LogP contribution in [0.2, 0.25) is 0 Å². The minimum Gasteiger partial charge on any atom is -0.375 e. The lowest BCUT2D eigenvalue weighted by Crippen LogP contribution is -2.41. The van der Waals surface area contributed by atoms with Crippen LogP contribution in [-0.2, 0) is 17.5 Å². The van der Waals surface area contributed by atoms with Gasteiger partial charge in [-0.05, 0) is 12.1 Å². The van der Waals surface area contributed by atoms with E-state index in [1.807, 2.05) is 28.8 Å². The Morgan fingerprint density at radius 1 is 1.28 bits per heavy atom. The predicted molar refractivity (Wildman–Crippen MR) is 96.2 cm³/mol. The Morgan fingerprint density at radius 3 is 2.83 bits per heavy atom. The molecular weight excluding hydrogens is 387 g/mol. The quantitative estimate of drug-likeness (QED) is 0.642. The number of nitrogens with one attached hydrogen (secondary N) is 3. The molecule has 4 rings (SSSR count). The van der Waals surface area contributed by atoms with E-state index in [1.165, 1.54) is 6.20 Å². The summed E-state index contributed by atoms with van der Waals surface area (Å²) in [5.74, 6) is 0.360. The number of aromatic amines is 2. The highest BCUT2D eigenvalue weighted by atomic mass is 19.4. The fourth-order valence-corrected chi connectivity index (χ4v) is 3.31. The van der Waals surface area contributed by atoms with Crippen LogP contribution in [0.25, 0.3) is 5.52 Å². The second-order valence-corrected chi connectivity index (χ2v) is 6.66. The third-order valence-corrected chi connectivity index (χ3v) is 4.75. The number of carbonyl (C=O) groups excluding carboxylic acids is 1. The van der Waals surface area contributed by atoms with Gasteiger partial charge in [0.15, 0.2) is 17.4 Å². The summed E-state index contributed by atoms with van der Waals surface area (Å²) in [6.45, 7) is 2.52. The summed E-state index contributed by atoms with van der Waals surface area (Å²) in [6.07, 6.45) is -1.37. The summed E-state index contributed by atoms with van der Waals surface area (Å²) in [7, 11) is 0. The number of anilines is 1. The second kappa shape index (κ2) is 7.70. The number of fused-ring (bicyclic) bond motifs is 1. The summed E-state index contributed by atoms with van der Waals surface area (Å²) < 4.78 is 45.9. The van der Waals surface area contributed by atoms with E-state index in [0.717, 1.165) is 18.1 Å². The maximum Gasteiger partial charge on any atom is 0.416 e. The first kappa shape index (κ1) is 19.2. The molecule has 29 heavy (non-hydrogen) atoms. The lowest BCUT2D eigenvalue weighted by molar-refractivity contribution is -0.497. The summed E-state index contributed by atoms with van der Waals surface area (Å²) in [5, 5.41) is 2.68. The Labute approximate surface area is 164 Å². The van der Waals surface area contributed by atoms with Crippen molar-refractivity contribution < 1.29 is 32.1 Å². The zero-order chi connectivity index (χ0) is 20.4. The van der Waals surface area contributed by atoms with Crippen LogP contribution in [0.3, 0.4) is 0 Å². The Bertz CT molecular complexity index is 1030. The van der Waals surface area contributed by atoms with E-state index < -0.39 is 17.6 Å². The maximum absolute atomic E-state index is 12.9. The first-order valence-electron chi connectivity index (χ1n) is 9.14. The molecule has 0 unspecified atom stereocenters. The first-order valence-corrected chi connectivity index (χ1v) is 9.14. The number of alkyl halides is 3. The average molecular weight is 407 g/mol. The summed E-state index contributed by atoms with van der Waals surface area (Å²) in [4.78, 5) is 20.8. The second-order valence-electron chi connectivity index (χ2n) is 6.66. The zero-order valence-corrected chi connectivity index (χ0v) is 15.4. The van der Waals surface area contributed by atoms with Crippen molar-refractivity contribution in [1.82, 2.24) is 10.3 Å². The molecule has 3 N–H and O–H groups in total. The number of pyridine rings is 2. The Morgan fingerprint density at radius 2 is 2.07 bits per heavy atom. The lowest BCUT2D eigenvalue weighted by atomic mass is 10.2. The molecule has 3 aromatic rings. The van der Waals surface area contributed by atoms with Crippen LogP contribution in [0.5, 0.6) is 0 Å². The monoisotopic (exact) mass is 407 g/mol. The minimum atomic E-state index is -4.44. The highest BCUT2D eigenvalue weighted by Crippen LogP contribution is 2.28. The SMILES string of the molecule is O=C(NCc1cc(C(F)(F)F)cc[nH+]1)c1[nH]c(N2CCOCC2)[n+]2ccccc12. The number of H-pyrrole nitrogens is 2. The molecule has 0 saturated carbocycles. The van der Waals surface area contributed by atoms with Crippen LogP contribution in [0.4, 0.5) is 19.1 Å². The number of aromatic nitrogens is 3. The minimum absolute atomic E-state index is 0.0619.